The summed E-state index contributed by atoms with van der Waals surface area (Å²) in [5.74, 6) is 0. The van der Waals surface area contributed by atoms with Crippen LogP contribution in [0.2, 0.25) is 6.32 Å². The molecule has 0 aromatic rings. The monoisotopic (exact) mass is 274 g/mol. The van der Waals surface area contributed by atoms with Crippen LogP contribution in [0.5, 0.6) is 0 Å². The molecule has 0 spiro atoms. The van der Waals surface area contributed by atoms with Crippen molar-refractivity contribution >= 4 is 13.3 Å². The van der Waals surface area contributed by atoms with Crippen LogP contribution in [0.15, 0.2) is 0 Å². The molecule has 0 saturated heterocycles. The lowest BCUT2D eigenvalue weighted by atomic mass is 9.83. The second-order valence-corrected chi connectivity index (χ2v) is 4.63. The molecule has 1 fully saturated rings. The van der Waals surface area contributed by atoms with Crippen LogP contribution in [0, 0.1) is 0 Å². The van der Waals surface area contributed by atoms with Gasteiger partial charge in [-0.1, -0.05) is 20.3 Å². The molecular formula is C12H27BN2O4. The van der Waals surface area contributed by atoms with Gasteiger partial charge >= 0.3 is 13.3 Å². The van der Waals surface area contributed by atoms with Crippen LogP contribution in [0.25, 0.3) is 0 Å². The van der Waals surface area contributed by atoms with E-state index < -0.39 is 7.12 Å². The molecule has 1 atom stereocenters. The van der Waals surface area contributed by atoms with Crippen LogP contribution in [-0.4, -0.2) is 41.9 Å². The molecule has 19 heavy (non-hydrogen) atoms. The highest BCUT2D eigenvalue weighted by Gasteiger charge is 2.19. The van der Waals surface area contributed by atoms with Crippen LogP contribution < -0.4 is 11.1 Å². The highest BCUT2D eigenvalue weighted by atomic mass is 16.4. The third-order valence-electron chi connectivity index (χ3n) is 2.81. The van der Waals surface area contributed by atoms with Gasteiger partial charge in [-0.25, -0.2) is 0 Å². The Hall–Kier alpha value is -0.715. The number of carbonyl (C=O) groups excluding carboxylic acids is 2. The molecule has 6 nitrogen and oxygen atoms in total. The minimum Gasteiger partial charge on any atom is -0.427 e. The molecule has 1 unspecified atom stereocenters. The fraction of sp³-hybridized carbons (Fsp3) is 0.917. The van der Waals surface area contributed by atoms with Gasteiger partial charge in [-0.2, -0.15) is 9.59 Å². The van der Waals surface area contributed by atoms with Gasteiger partial charge in [-0.15, -0.1) is 0 Å². The van der Waals surface area contributed by atoms with Crippen LogP contribution in [-0.2, 0) is 9.59 Å². The van der Waals surface area contributed by atoms with Crippen molar-refractivity contribution in [2.75, 3.05) is 6.54 Å². The minimum absolute atomic E-state index is 0. The van der Waals surface area contributed by atoms with E-state index in [1.807, 2.05) is 0 Å². The molecule has 0 amide bonds. The van der Waals surface area contributed by atoms with Crippen molar-refractivity contribution in [2.24, 2.45) is 5.73 Å². The lowest BCUT2D eigenvalue weighted by Gasteiger charge is -2.11. The molecule has 5 N–H and O–H groups in total. The van der Waals surface area contributed by atoms with Gasteiger partial charge in [0, 0.05) is 12.1 Å². The predicted molar refractivity (Wildman–Crippen MR) is 74.2 cm³/mol. The molecule has 0 aromatic heterocycles. The first-order valence-electron chi connectivity index (χ1n) is 6.44. The van der Waals surface area contributed by atoms with Gasteiger partial charge in [0.25, 0.3) is 0 Å². The number of unbranched alkanes of at least 4 members (excludes halogenated alkanes) is 1. The Morgan fingerprint density at radius 2 is 1.84 bits per heavy atom. The summed E-state index contributed by atoms with van der Waals surface area (Å²) in [4.78, 5) is 16.2. The van der Waals surface area contributed by atoms with Crippen molar-refractivity contribution in [3.8, 4) is 0 Å². The second-order valence-electron chi connectivity index (χ2n) is 4.63. The molecule has 112 valence electrons. The highest BCUT2D eigenvalue weighted by molar-refractivity contribution is 6.40. The molecular weight excluding hydrogens is 247 g/mol. The molecule has 1 aliphatic carbocycles. The average molecular weight is 274 g/mol. The van der Waals surface area contributed by atoms with Crippen molar-refractivity contribution in [3.05, 3.63) is 0 Å². The fourth-order valence-electron chi connectivity index (χ4n) is 1.64. The summed E-state index contributed by atoms with van der Waals surface area (Å²) in [6, 6.07) is 1.02. The summed E-state index contributed by atoms with van der Waals surface area (Å²) in [5.41, 5.74) is 5.93. The van der Waals surface area contributed by atoms with Gasteiger partial charge in [-0.05, 0) is 38.5 Å². The number of rotatable bonds is 9. The molecule has 0 aliphatic heterocycles. The van der Waals surface area contributed by atoms with Crippen molar-refractivity contribution in [2.45, 2.75) is 64.4 Å². The average Bonchev–Trinajstić information content (AvgIpc) is 3.09. The van der Waals surface area contributed by atoms with E-state index in [-0.39, 0.29) is 19.6 Å². The largest absolute Gasteiger partial charge is 0.451 e. The SMILES string of the molecule is C.NC(CCCCB(O)O)CCNC1CC1.O=C=O. The normalized spacial score (nSPS) is 14.5. The minimum atomic E-state index is -1.15. The molecule has 0 radical (unpaired) electrons. The standard InChI is InChI=1S/C10H23BN2O2.CO2.CH4/c12-9(3-1-2-7-11(14)15)6-8-13-10-4-5-10;2-1-3;/h9-10,13-15H,1-8,12H2;;1H4. The summed E-state index contributed by atoms with van der Waals surface area (Å²) in [6.07, 6.45) is 7.21. The summed E-state index contributed by atoms with van der Waals surface area (Å²) < 4.78 is 0. The third-order valence-corrected chi connectivity index (χ3v) is 2.81. The van der Waals surface area contributed by atoms with E-state index >= 15 is 0 Å². The number of nitrogens with two attached hydrogens (primary N) is 1. The molecule has 0 aromatic carbocycles. The lowest BCUT2D eigenvalue weighted by Crippen LogP contribution is -2.27. The van der Waals surface area contributed by atoms with E-state index in [1.54, 1.807) is 0 Å². The Bertz CT molecular complexity index is 232. The second kappa shape index (κ2) is 13.7. The predicted octanol–water partition coefficient (Wildman–Crippen LogP) is 0.152. The Balaban J connectivity index is 0. The first-order valence-corrected chi connectivity index (χ1v) is 6.44. The molecule has 1 rings (SSSR count). The van der Waals surface area contributed by atoms with E-state index in [1.165, 1.54) is 12.8 Å². The van der Waals surface area contributed by atoms with E-state index in [4.69, 9.17) is 25.4 Å². The van der Waals surface area contributed by atoms with E-state index in [2.05, 4.69) is 5.32 Å². The lowest BCUT2D eigenvalue weighted by molar-refractivity contribution is -0.191. The summed E-state index contributed by atoms with van der Waals surface area (Å²) in [6.45, 7) is 1.02. The molecule has 7 heteroatoms. The summed E-state index contributed by atoms with van der Waals surface area (Å²) >= 11 is 0. The third kappa shape index (κ3) is 17.3. The maximum Gasteiger partial charge on any atom is 0.451 e. The van der Waals surface area contributed by atoms with Crippen molar-refractivity contribution in [1.82, 2.24) is 5.32 Å². The van der Waals surface area contributed by atoms with E-state index in [9.17, 15) is 0 Å². The van der Waals surface area contributed by atoms with Gasteiger partial charge in [0.2, 0.25) is 0 Å². The Labute approximate surface area is 115 Å². The zero-order valence-corrected chi connectivity index (χ0v) is 10.7. The van der Waals surface area contributed by atoms with Crippen LogP contribution >= 0.6 is 0 Å². The Morgan fingerprint density at radius 1 is 1.26 bits per heavy atom. The molecule has 1 saturated carbocycles. The zero-order valence-electron chi connectivity index (χ0n) is 10.7. The molecule has 0 heterocycles. The molecule has 1 aliphatic rings. The smallest absolute Gasteiger partial charge is 0.427 e. The topological polar surface area (TPSA) is 113 Å². The van der Waals surface area contributed by atoms with Crippen molar-refractivity contribution in [3.63, 3.8) is 0 Å². The van der Waals surface area contributed by atoms with Crippen molar-refractivity contribution < 1.29 is 19.6 Å². The highest BCUT2D eigenvalue weighted by Crippen LogP contribution is 2.18. The van der Waals surface area contributed by atoms with E-state index in [0.29, 0.717) is 6.32 Å². The summed E-state index contributed by atoms with van der Waals surface area (Å²) in [7, 11) is -1.15. The van der Waals surface area contributed by atoms with Crippen LogP contribution in [0.4, 0.5) is 0 Å². The van der Waals surface area contributed by atoms with Gasteiger partial charge in [0.15, 0.2) is 0 Å². The zero-order chi connectivity index (χ0) is 13.8. The number of hydrogen-bond donors (Lipinski definition) is 4. The van der Waals surface area contributed by atoms with E-state index in [0.717, 1.165) is 38.3 Å². The number of hydrogen-bond acceptors (Lipinski definition) is 6. The quantitative estimate of drug-likeness (QED) is 0.352. The van der Waals surface area contributed by atoms with Gasteiger partial charge < -0.3 is 21.1 Å². The first-order chi connectivity index (χ1) is 8.60. The van der Waals surface area contributed by atoms with Crippen LogP contribution in [0.3, 0.4) is 0 Å². The molecule has 0 bridgehead atoms. The van der Waals surface area contributed by atoms with Crippen molar-refractivity contribution in [1.29, 1.82) is 0 Å². The maximum absolute atomic E-state index is 8.64. The van der Waals surface area contributed by atoms with Gasteiger partial charge in [0.05, 0.1) is 0 Å². The first kappa shape index (κ1) is 20.6. The van der Waals surface area contributed by atoms with Crippen LogP contribution in [0.1, 0.15) is 46.0 Å². The fourth-order valence-corrected chi connectivity index (χ4v) is 1.64. The summed E-state index contributed by atoms with van der Waals surface area (Å²) in [5, 5.41) is 20.7. The maximum atomic E-state index is 8.64. The van der Waals surface area contributed by atoms with Gasteiger partial charge in [-0.3, -0.25) is 0 Å². The number of nitrogens with one attached hydrogen (secondary N) is 1. The Kier molecular flexibility index (Phi) is 14.9. The Morgan fingerprint density at radius 3 is 2.32 bits per heavy atom. The van der Waals surface area contributed by atoms with Gasteiger partial charge in [0.1, 0.15) is 0 Å².